The molecule has 2 aromatic rings. The fourth-order valence-electron chi connectivity index (χ4n) is 2.05. The number of nitrogens with zero attached hydrogens (tertiary/aromatic N) is 3. The summed E-state index contributed by atoms with van der Waals surface area (Å²) in [5, 5.41) is 6.84. The van der Waals surface area contributed by atoms with E-state index in [0.29, 0.717) is 11.7 Å². The first-order chi connectivity index (χ1) is 11.5. The van der Waals surface area contributed by atoms with E-state index in [1.54, 1.807) is 23.7 Å². The predicted octanol–water partition coefficient (Wildman–Crippen LogP) is 4.08. The maximum Gasteiger partial charge on any atom is 0.321 e. The summed E-state index contributed by atoms with van der Waals surface area (Å²) in [7, 11) is 1.80. The zero-order valence-corrected chi connectivity index (χ0v) is 15.4. The van der Waals surface area contributed by atoms with Crippen molar-refractivity contribution in [2.45, 2.75) is 26.2 Å². The number of nitrogens with one attached hydrogen (secondary N) is 1. The van der Waals surface area contributed by atoms with Gasteiger partial charge in [0.15, 0.2) is 5.82 Å². The van der Waals surface area contributed by atoms with Gasteiger partial charge in [0, 0.05) is 30.8 Å². The van der Waals surface area contributed by atoms with Gasteiger partial charge in [-0.2, -0.15) is 16.7 Å². The standard InChI is InChI=1S/C17H24N4O2S/c1-12(2)15-19-16(23-20-15)13-6-8-14(9-7-13)18-17(22)21(3)10-5-11-24-4/h6-9,12H,5,10-11H2,1-4H3,(H,18,22). The quantitative estimate of drug-likeness (QED) is 0.764. The van der Waals surface area contributed by atoms with Crippen molar-refractivity contribution in [3.8, 4) is 11.5 Å². The Balaban J connectivity index is 1.95. The van der Waals surface area contributed by atoms with Gasteiger partial charge in [-0.25, -0.2) is 4.79 Å². The topological polar surface area (TPSA) is 71.3 Å². The van der Waals surface area contributed by atoms with Crippen molar-refractivity contribution >= 4 is 23.5 Å². The summed E-state index contributed by atoms with van der Waals surface area (Å²) in [5.74, 6) is 2.46. The predicted molar refractivity (Wildman–Crippen MR) is 98.5 cm³/mol. The largest absolute Gasteiger partial charge is 0.334 e. The molecule has 0 spiro atoms. The minimum atomic E-state index is -0.108. The molecule has 0 unspecified atom stereocenters. The number of thioether (sulfide) groups is 1. The molecule has 1 heterocycles. The van der Waals surface area contributed by atoms with Crippen LogP contribution in [-0.2, 0) is 0 Å². The SMILES string of the molecule is CSCCCN(C)C(=O)Nc1ccc(-c2nc(C(C)C)no2)cc1. The van der Waals surface area contributed by atoms with E-state index in [0.717, 1.165) is 30.0 Å². The number of carbonyl (C=O) groups is 1. The summed E-state index contributed by atoms with van der Waals surface area (Å²) < 4.78 is 5.27. The lowest BCUT2D eigenvalue weighted by Crippen LogP contribution is -2.32. The first-order valence-electron chi connectivity index (χ1n) is 7.96. The van der Waals surface area contributed by atoms with Gasteiger partial charge in [0.05, 0.1) is 0 Å². The molecule has 1 aromatic heterocycles. The summed E-state index contributed by atoms with van der Waals surface area (Å²) in [4.78, 5) is 18.2. The van der Waals surface area contributed by atoms with Gasteiger partial charge in [-0.3, -0.25) is 0 Å². The Hall–Kier alpha value is -2.02. The maximum atomic E-state index is 12.1. The van der Waals surface area contributed by atoms with Gasteiger partial charge < -0.3 is 14.7 Å². The number of rotatable bonds is 7. The number of aromatic nitrogens is 2. The average Bonchev–Trinajstić information content (AvgIpc) is 3.06. The van der Waals surface area contributed by atoms with Crippen LogP contribution in [0.5, 0.6) is 0 Å². The molecule has 0 fully saturated rings. The summed E-state index contributed by atoms with van der Waals surface area (Å²) in [5.41, 5.74) is 1.57. The Kier molecular flexibility index (Phi) is 6.66. The van der Waals surface area contributed by atoms with Crippen molar-refractivity contribution in [2.75, 3.05) is 30.9 Å². The average molecular weight is 348 g/mol. The van der Waals surface area contributed by atoms with E-state index in [-0.39, 0.29) is 11.9 Å². The molecule has 2 amide bonds. The molecule has 0 atom stereocenters. The van der Waals surface area contributed by atoms with E-state index in [9.17, 15) is 4.79 Å². The second-order valence-electron chi connectivity index (χ2n) is 5.89. The van der Waals surface area contributed by atoms with Crippen LogP contribution in [0.25, 0.3) is 11.5 Å². The minimum absolute atomic E-state index is 0.108. The molecule has 0 aliphatic heterocycles. The molecular weight excluding hydrogens is 324 g/mol. The molecule has 0 aliphatic rings. The highest BCUT2D eigenvalue weighted by molar-refractivity contribution is 7.98. The van der Waals surface area contributed by atoms with E-state index >= 15 is 0 Å². The number of hydrogen-bond donors (Lipinski definition) is 1. The minimum Gasteiger partial charge on any atom is -0.334 e. The smallest absolute Gasteiger partial charge is 0.321 e. The fraction of sp³-hybridized carbons (Fsp3) is 0.471. The Morgan fingerprint density at radius 3 is 2.62 bits per heavy atom. The second-order valence-corrected chi connectivity index (χ2v) is 6.87. The molecule has 6 nitrogen and oxygen atoms in total. The normalized spacial score (nSPS) is 10.9. The van der Waals surface area contributed by atoms with Crippen molar-refractivity contribution in [2.24, 2.45) is 0 Å². The number of urea groups is 1. The molecule has 0 bridgehead atoms. The van der Waals surface area contributed by atoms with Crippen molar-refractivity contribution in [1.82, 2.24) is 15.0 Å². The maximum absolute atomic E-state index is 12.1. The van der Waals surface area contributed by atoms with E-state index in [4.69, 9.17) is 4.52 Å². The molecule has 7 heteroatoms. The van der Waals surface area contributed by atoms with Crippen molar-refractivity contribution in [1.29, 1.82) is 0 Å². The lowest BCUT2D eigenvalue weighted by molar-refractivity contribution is 0.222. The van der Waals surface area contributed by atoms with E-state index in [1.165, 1.54) is 0 Å². The van der Waals surface area contributed by atoms with E-state index < -0.39 is 0 Å². The Labute approximate surface area is 147 Å². The van der Waals surface area contributed by atoms with Crippen LogP contribution in [0.4, 0.5) is 10.5 Å². The first-order valence-corrected chi connectivity index (χ1v) is 9.35. The molecule has 0 aliphatic carbocycles. The highest BCUT2D eigenvalue weighted by Crippen LogP contribution is 2.21. The Bertz CT molecular complexity index is 655. The fourth-order valence-corrected chi connectivity index (χ4v) is 2.47. The van der Waals surface area contributed by atoms with Crippen molar-refractivity contribution in [3.05, 3.63) is 30.1 Å². The highest BCUT2D eigenvalue weighted by Gasteiger charge is 2.12. The van der Waals surface area contributed by atoms with Crippen molar-refractivity contribution in [3.63, 3.8) is 0 Å². The van der Waals surface area contributed by atoms with Gasteiger partial charge in [0.2, 0.25) is 0 Å². The summed E-state index contributed by atoms with van der Waals surface area (Å²) in [6, 6.07) is 7.29. The number of hydrogen-bond acceptors (Lipinski definition) is 5. The molecule has 1 aromatic carbocycles. The van der Waals surface area contributed by atoms with Crippen LogP contribution in [0.2, 0.25) is 0 Å². The van der Waals surface area contributed by atoms with Crippen LogP contribution in [0.1, 0.15) is 32.0 Å². The molecule has 2 rings (SSSR count). The third kappa shape index (κ3) is 4.99. The van der Waals surface area contributed by atoms with Crippen LogP contribution in [0.3, 0.4) is 0 Å². The molecule has 0 saturated carbocycles. The van der Waals surface area contributed by atoms with Crippen LogP contribution in [0.15, 0.2) is 28.8 Å². The number of anilines is 1. The molecular formula is C17H24N4O2S. The number of amides is 2. The van der Waals surface area contributed by atoms with Crippen molar-refractivity contribution < 1.29 is 9.32 Å². The number of benzene rings is 1. The molecule has 24 heavy (non-hydrogen) atoms. The summed E-state index contributed by atoms with van der Waals surface area (Å²) in [6.07, 6.45) is 3.05. The van der Waals surface area contributed by atoms with Crippen LogP contribution in [-0.4, -0.2) is 46.7 Å². The number of carbonyl (C=O) groups excluding carboxylic acids is 1. The molecule has 130 valence electrons. The van der Waals surface area contributed by atoms with Gasteiger partial charge >= 0.3 is 6.03 Å². The van der Waals surface area contributed by atoms with Crippen LogP contribution >= 0.6 is 11.8 Å². The van der Waals surface area contributed by atoms with Gasteiger partial charge in [-0.15, -0.1) is 0 Å². The Morgan fingerprint density at radius 1 is 1.33 bits per heavy atom. The van der Waals surface area contributed by atoms with Gasteiger partial charge in [0.25, 0.3) is 5.89 Å². The lowest BCUT2D eigenvalue weighted by atomic mass is 10.2. The third-order valence-electron chi connectivity index (χ3n) is 3.53. The zero-order chi connectivity index (χ0) is 17.5. The van der Waals surface area contributed by atoms with Gasteiger partial charge in [0.1, 0.15) is 0 Å². The van der Waals surface area contributed by atoms with E-state index in [2.05, 4.69) is 21.7 Å². The first kappa shape index (κ1) is 18.3. The summed E-state index contributed by atoms with van der Waals surface area (Å²) in [6.45, 7) is 4.77. The molecule has 0 radical (unpaired) electrons. The van der Waals surface area contributed by atoms with E-state index in [1.807, 2.05) is 38.1 Å². The lowest BCUT2D eigenvalue weighted by Gasteiger charge is -2.17. The zero-order valence-electron chi connectivity index (χ0n) is 14.6. The monoisotopic (exact) mass is 348 g/mol. The second kappa shape index (κ2) is 8.73. The van der Waals surface area contributed by atoms with Gasteiger partial charge in [-0.05, 0) is 42.7 Å². The molecule has 1 N–H and O–H groups in total. The van der Waals surface area contributed by atoms with Gasteiger partial charge in [-0.1, -0.05) is 19.0 Å². The Morgan fingerprint density at radius 2 is 2.04 bits per heavy atom. The third-order valence-corrected chi connectivity index (χ3v) is 4.23. The van der Waals surface area contributed by atoms with Crippen LogP contribution in [0, 0.1) is 0 Å². The molecule has 0 saturated heterocycles. The highest BCUT2D eigenvalue weighted by atomic mass is 32.2. The summed E-state index contributed by atoms with van der Waals surface area (Å²) >= 11 is 1.78. The van der Waals surface area contributed by atoms with Crippen LogP contribution < -0.4 is 5.32 Å².